The van der Waals surface area contributed by atoms with Crippen LogP contribution in [0.4, 0.5) is 0 Å². The van der Waals surface area contributed by atoms with E-state index in [1.807, 2.05) is 5.48 Å². The molecule has 6 heteroatoms. The summed E-state index contributed by atoms with van der Waals surface area (Å²) in [6.07, 6.45) is 0.0941. The molecule has 17 heavy (non-hydrogen) atoms. The molecule has 1 aromatic rings. The van der Waals surface area contributed by atoms with Gasteiger partial charge in [-0.3, -0.25) is 9.63 Å². The van der Waals surface area contributed by atoms with Gasteiger partial charge in [0.25, 0.3) is 0 Å². The lowest BCUT2D eigenvalue weighted by molar-refractivity contribution is -0.149. The first-order valence-electron chi connectivity index (χ1n) is 4.87. The van der Waals surface area contributed by atoms with Gasteiger partial charge in [0.1, 0.15) is 5.75 Å². The number of nitrogens with one attached hydrogen (secondary N) is 1. The second-order valence-corrected chi connectivity index (χ2v) is 3.24. The Morgan fingerprint density at radius 1 is 1.41 bits per heavy atom. The van der Waals surface area contributed by atoms with Gasteiger partial charge in [-0.1, -0.05) is 12.1 Å². The molecular weight excluding hydrogens is 226 g/mol. The summed E-state index contributed by atoms with van der Waals surface area (Å²) in [5.74, 6) is -0.909. The lowest BCUT2D eigenvalue weighted by atomic mass is 10.1. The molecule has 0 aliphatic heterocycles. The molecule has 0 aliphatic rings. The lowest BCUT2D eigenvalue weighted by Crippen LogP contribution is -2.27. The number of carbonyl (C=O) groups is 2. The van der Waals surface area contributed by atoms with Crippen molar-refractivity contribution in [2.24, 2.45) is 0 Å². The van der Waals surface area contributed by atoms with Gasteiger partial charge in [-0.05, 0) is 17.7 Å². The number of methoxy groups -OCH3 is 1. The molecule has 0 saturated carbocycles. The van der Waals surface area contributed by atoms with E-state index in [2.05, 4.69) is 4.84 Å². The highest BCUT2D eigenvalue weighted by molar-refractivity contribution is 5.78. The Morgan fingerprint density at radius 3 is 2.82 bits per heavy atom. The summed E-state index contributed by atoms with van der Waals surface area (Å²) in [5.41, 5.74) is 2.79. The van der Waals surface area contributed by atoms with Crippen molar-refractivity contribution in [2.75, 3.05) is 13.7 Å². The van der Waals surface area contributed by atoms with Crippen molar-refractivity contribution in [3.8, 4) is 5.75 Å². The third kappa shape index (κ3) is 4.98. The summed E-state index contributed by atoms with van der Waals surface area (Å²) in [4.78, 5) is 25.9. The minimum absolute atomic E-state index is 0.0941. The van der Waals surface area contributed by atoms with Crippen molar-refractivity contribution in [3.05, 3.63) is 29.8 Å². The Labute approximate surface area is 98.1 Å². The Morgan fingerprint density at radius 2 is 2.18 bits per heavy atom. The van der Waals surface area contributed by atoms with E-state index >= 15 is 0 Å². The van der Waals surface area contributed by atoms with Crippen molar-refractivity contribution in [1.82, 2.24) is 5.48 Å². The maximum absolute atomic E-state index is 11.3. The molecule has 2 N–H and O–H groups in total. The highest BCUT2D eigenvalue weighted by Crippen LogP contribution is 2.12. The van der Waals surface area contributed by atoms with Crippen molar-refractivity contribution in [1.29, 1.82) is 0 Å². The summed E-state index contributed by atoms with van der Waals surface area (Å²) in [7, 11) is 1.54. The van der Waals surface area contributed by atoms with Crippen LogP contribution in [0.15, 0.2) is 24.3 Å². The van der Waals surface area contributed by atoms with Gasteiger partial charge in [-0.25, -0.2) is 10.3 Å². The van der Waals surface area contributed by atoms with Crippen molar-refractivity contribution in [2.45, 2.75) is 6.42 Å². The van der Waals surface area contributed by atoms with E-state index in [0.29, 0.717) is 5.75 Å². The molecule has 92 valence electrons. The van der Waals surface area contributed by atoms with Gasteiger partial charge < -0.3 is 9.84 Å². The first kappa shape index (κ1) is 13.0. The fraction of sp³-hybridized carbons (Fsp3) is 0.273. The van der Waals surface area contributed by atoms with Crippen LogP contribution in [0, 0.1) is 0 Å². The number of ether oxygens (including phenoxy) is 1. The van der Waals surface area contributed by atoms with Crippen LogP contribution in [-0.4, -0.2) is 30.7 Å². The van der Waals surface area contributed by atoms with E-state index in [1.54, 1.807) is 24.3 Å². The van der Waals surface area contributed by atoms with Gasteiger partial charge in [-0.2, -0.15) is 0 Å². The maximum atomic E-state index is 11.3. The Hall–Kier alpha value is -2.08. The van der Waals surface area contributed by atoms with Gasteiger partial charge >= 0.3 is 5.97 Å². The van der Waals surface area contributed by atoms with Gasteiger partial charge in [0.05, 0.1) is 13.5 Å². The number of benzene rings is 1. The van der Waals surface area contributed by atoms with E-state index in [1.165, 1.54) is 7.11 Å². The summed E-state index contributed by atoms with van der Waals surface area (Å²) in [5, 5.41) is 8.29. The van der Waals surface area contributed by atoms with E-state index in [0.717, 1.165) is 5.56 Å². The van der Waals surface area contributed by atoms with Crippen LogP contribution < -0.4 is 10.2 Å². The van der Waals surface area contributed by atoms with E-state index in [9.17, 15) is 9.59 Å². The number of aliphatic carboxylic acids is 1. The number of amides is 1. The average Bonchev–Trinajstić information content (AvgIpc) is 2.28. The third-order valence-electron chi connectivity index (χ3n) is 1.88. The predicted molar refractivity (Wildman–Crippen MR) is 58.4 cm³/mol. The zero-order valence-electron chi connectivity index (χ0n) is 9.30. The van der Waals surface area contributed by atoms with Crippen LogP contribution >= 0.6 is 0 Å². The van der Waals surface area contributed by atoms with Crippen molar-refractivity contribution >= 4 is 11.9 Å². The predicted octanol–water partition coefficient (Wildman–Crippen LogP) is 0.370. The first-order chi connectivity index (χ1) is 8.11. The van der Waals surface area contributed by atoms with Crippen molar-refractivity contribution in [3.63, 3.8) is 0 Å². The SMILES string of the molecule is COc1cccc(CC(=O)NOCC(=O)O)c1. The monoisotopic (exact) mass is 239 g/mol. The van der Waals surface area contributed by atoms with Crippen LogP contribution in [-0.2, 0) is 20.8 Å². The van der Waals surface area contributed by atoms with E-state index in [4.69, 9.17) is 9.84 Å². The average molecular weight is 239 g/mol. The molecule has 0 atom stereocenters. The quantitative estimate of drug-likeness (QED) is 0.700. The normalized spacial score (nSPS) is 9.71. The molecule has 0 fully saturated rings. The Kier molecular flexibility index (Phi) is 4.96. The molecule has 0 aromatic heterocycles. The maximum Gasteiger partial charge on any atom is 0.332 e. The summed E-state index contributed by atoms with van der Waals surface area (Å²) < 4.78 is 5.01. The molecule has 1 aromatic carbocycles. The van der Waals surface area contributed by atoms with Crippen LogP contribution in [0.1, 0.15) is 5.56 Å². The second kappa shape index (κ2) is 6.49. The minimum Gasteiger partial charge on any atom is -0.497 e. The summed E-state index contributed by atoms with van der Waals surface area (Å²) in [6.45, 7) is -0.566. The molecule has 6 nitrogen and oxygen atoms in total. The number of carboxylic acids is 1. The second-order valence-electron chi connectivity index (χ2n) is 3.24. The topological polar surface area (TPSA) is 84.9 Å². The van der Waals surface area contributed by atoms with Gasteiger partial charge in [0.2, 0.25) is 5.91 Å². The Bertz CT molecular complexity index is 405. The summed E-state index contributed by atoms with van der Waals surface area (Å²) >= 11 is 0. The summed E-state index contributed by atoms with van der Waals surface area (Å²) in [6, 6.07) is 7.01. The van der Waals surface area contributed by atoms with E-state index < -0.39 is 18.5 Å². The number of rotatable bonds is 6. The first-order valence-corrected chi connectivity index (χ1v) is 4.87. The number of hydroxylamine groups is 1. The molecule has 0 spiro atoms. The molecular formula is C11H13NO5. The molecule has 0 saturated heterocycles. The zero-order valence-corrected chi connectivity index (χ0v) is 9.30. The third-order valence-corrected chi connectivity index (χ3v) is 1.88. The smallest absolute Gasteiger partial charge is 0.332 e. The fourth-order valence-electron chi connectivity index (χ4n) is 1.18. The molecule has 0 bridgehead atoms. The molecule has 0 aliphatic carbocycles. The molecule has 0 heterocycles. The Balaban J connectivity index is 2.42. The number of hydrogen-bond acceptors (Lipinski definition) is 4. The highest BCUT2D eigenvalue weighted by atomic mass is 16.7. The lowest BCUT2D eigenvalue weighted by Gasteiger charge is -2.05. The number of carbonyl (C=O) groups excluding carboxylic acids is 1. The molecule has 1 rings (SSSR count). The van der Waals surface area contributed by atoms with Gasteiger partial charge in [-0.15, -0.1) is 0 Å². The molecule has 0 radical (unpaired) electrons. The van der Waals surface area contributed by atoms with Crippen LogP contribution in [0.5, 0.6) is 5.75 Å². The standard InChI is InChI=1S/C11H13NO5/c1-16-9-4-2-3-8(5-9)6-10(13)12-17-7-11(14)15/h2-5H,6-7H2,1H3,(H,12,13)(H,14,15). The number of hydrogen-bond donors (Lipinski definition) is 2. The van der Waals surface area contributed by atoms with Crippen LogP contribution in [0.25, 0.3) is 0 Å². The van der Waals surface area contributed by atoms with E-state index in [-0.39, 0.29) is 6.42 Å². The largest absolute Gasteiger partial charge is 0.497 e. The van der Waals surface area contributed by atoms with Crippen LogP contribution in [0.2, 0.25) is 0 Å². The molecule has 0 unspecified atom stereocenters. The van der Waals surface area contributed by atoms with Gasteiger partial charge in [0, 0.05) is 0 Å². The highest BCUT2D eigenvalue weighted by Gasteiger charge is 2.05. The van der Waals surface area contributed by atoms with Crippen LogP contribution in [0.3, 0.4) is 0 Å². The zero-order chi connectivity index (χ0) is 12.7. The van der Waals surface area contributed by atoms with Gasteiger partial charge in [0.15, 0.2) is 6.61 Å². The fourth-order valence-corrected chi connectivity index (χ4v) is 1.18. The van der Waals surface area contributed by atoms with Crippen molar-refractivity contribution < 1.29 is 24.3 Å². The number of carboxylic acid groups (broad SMARTS) is 1. The minimum atomic E-state index is -1.15. The molecule has 1 amide bonds.